The zero-order valence-electron chi connectivity index (χ0n) is 7.71. The molecule has 0 aromatic heterocycles. The quantitative estimate of drug-likeness (QED) is 0.774. The van der Waals surface area contributed by atoms with Crippen LogP contribution in [-0.2, 0) is 10.3 Å². The predicted octanol–water partition coefficient (Wildman–Crippen LogP) is 2.29. The highest BCUT2D eigenvalue weighted by Gasteiger charge is 2.36. The number of hydrogen-bond acceptors (Lipinski definition) is 2. The van der Waals surface area contributed by atoms with Crippen molar-refractivity contribution in [1.29, 1.82) is 0 Å². The Morgan fingerprint density at radius 1 is 1.57 bits per heavy atom. The summed E-state index contributed by atoms with van der Waals surface area (Å²) >= 11 is 5.87. The van der Waals surface area contributed by atoms with E-state index in [2.05, 4.69) is 5.32 Å². The lowest BCUT2D eigenvalue weighted by molar-refractivity contribution is 0.173. The molecule has 3 nitrogen and oxygen atoms in total. The Hall–Kier alpha value is -1.22. The van der Waals surface area contributed by atoms with Gasteiger partial charge >= 0.3 is 6.09 Å². The van der Waals surface area contributed by atoms with Crippen molar-refractivity contribution in [2.45, 2.75) is 12.5 Å². The van der Waals surface area contributed by atoms with Crippen LogP contribution in [0.2, 0.25) is 5.02 Å². The number of hydrogen-bond donors (Lipinski definition) is 1. The monoisotopic (exact) mass is 211 g/mol. The molecule has 1 aromatic rings. The van der Waals surface area contributed by atoms with Crippen molar-refractivity contribution in [3.05, 3.63) is 34.9 Å². The molecule has 0 spiro atoms. The third-order valence-electron chi connectivity index (χ3n) is 2.33. The Morgan fingerprint density at radius 2 is 2.36 bits per heavy atom. The van der Waals surface area contributed by atoms with Gasteiger partial charge in [0.1, 0.15) is 6.61 Å². The second-order valence-electron chi connectivity index (χ2n) is 3.54. The molecule has 1 saturated heterocycles. The van der Waals surface area contributed by atoms with Gasteiger partial charge in [-0.05, 0) is 24.6 Å². The second kappa shape index (κ2) is 3.17. The SMILES string of the molecule is CC1(c2cccc(Cl)c2)COC(=O)N1. The number of cyclic esters (lactones) is 1. The van der Waals surface area contributed by atoms with Crippen LogP contribution in [0.5, 0.6) is 0 Å². The largest absolute Gasteiger partial charge is 0.447 e. The molecule has 1 aliphatic rings. The average Bonchev–Trinajstić information content (AvgIpc) is 2.48. The van der Waals surface area contributed by atoms with E-state index >= 15 is 0 Å². The smallest absolute Gasteiger partial charge is 0.408 e. The number of nitrogens with one attached hydrogen (secondary N) is 1. The Morgan fingerprint density at radius 3 is 2.93 bits per heavy atom. The number of benzene rings is 1. The van der Waals surface area contributed by atoms with Gasteiger partial charge < -0.3 is 10.1 Å². The molecule has 2 rings (SSSR count). The number of halogens is 1. The van der Waals surface area contributed by atoms with E-state index in [-0.39, 0.29) is 6.09 Å². The van der Waals surface area contributed by atoms with E-state index in [0.717, 1.165) is 5.56 Å². The molecule has 1 fully saturated rings. The maximum absolute atomic E-state index is 11.0. The molecule has 0 aliphatic carbocycles. The molecule has 0 saturated carbocycles. The normalized spacial score (nSPS) is 25.7. The van der Waals surface area contributed by atoms with Crippen LogP contribution in [-0.4, -0.2) is 12.7 Å². The molecule has 1 atom stereocenters. The first-order chi connectivity index (χ1) is 6.60. The summed E-state index contributed by atoms with van der Waals surface area (Å²) in [6.07, 6.45) is -0.382. The summed E-state index contributed by atoms with van der Waals surface area (Å²) in [6, 6.07) is 7.40. The maximum atomic E-state index is 11.0. The van der Waals surface area contributed by atoms with Crippen molar-refractivity contribution in [3.63, 3.8) is 0 Å². The fourth-order valence-electron chi connectivity index (χ4n) is 1.49. The molecule has 4 heteroatoms. The van der Waals surface area contributed by atoms with Crippen molar-refractivity contribution >= 4 is 17.7 Å². The summed E-state index contributed by atoms with van der Waals surface area (Å²) in [5.74, 6) is 0. The number of carbonyl (C=O) groups excluding carboxylic acids is 1. The van der Waals surface area contributed by atoms with Gasteiger partial charge in [-0.25, -0.2) is 4.79 Å². The Bertz CT molecular complexity index is 380. The van der Waals surface area contributed by atoms with Crippen molar-refractivity contribution < 1.29 is 9.53 Å². The third-order valence-corrected chi connectivity index (χ3v) is 2.57. The molecule has 1 aromatic carbocycles. The molecule has 1 aliphatic heterocycles. The van der Waals surface area contributed by atoms with Crippen LogP contribution < -0.4 is 5.32 Å². The molecule has 1 unspecified atom stereocenters. The topological polar surface area (TPSA) is 38.3 Å². The van der Waals surface area contributed by atoms with E-state index in [1.807, 2.05) is 25.1 Å². The first kappa shape index (κ1) is 9.34. The van der Waals surface area contributed by atoms with Gasteiger partial charge in [0.25, 0.3) is 0 Å². The van der Waals surface area contributed by atoms with Crippen LogP contribution >= 0.6 is 11.6 Å². The minimum absolute atomic E-state index is 0.339. The number of rotatable bonds is 1. The fraction of sp³-hybridized carbons (Fsp3) is 0.300. The van der Waals surface area contributed by atoms with Gasteiger partial charge in [-0.1, -0.05) is 23.7 Å². The molecular formula is C10H10ClNO2. The summed E-state index contributed by atoms with van der Waals surface area (Å²) in [4.78, 5) is 11.0. The summed E-state index contributed by atoms with van der Waals surface area (Å²) in [5, 5.41) is 3.41. The van der Waals surface area contributed by atoms with Gasteiger partial charge in [-0.15, -0.1) is 0 Å². The van der Waals surface area contributed by atoms with E-state index in [1.165, 1.54) is 0 Å². The average molecular weight is 212 g/mol. The molecule has 1 N–H and O–H groups in total. The minimum Gasteiger partial charge on any atom is -0.447 e. The van der Waals surface area contributed by atoms with Crippen LogP contribution in [0.15, 0.2) is 24.3 Å². The highest BCUT2D eigenvalue weighted by Crippen LogP contribution is 2.27. The molecule has 14 heavy (non-hydrogen) atoms. The summed E-state index contributed by atoms with van der Waals surface area (Å²) < 4.78 is 4.87. The standard InChI is InChI=1S/C10H10ClNO2/c1-10(6-14-9(13)12-10)7-3-2-4-8(11)5-7/h2-5H,6H2,1H3,(H,12,13). The van der Waals surface area contributed by atoms with Gasteiger partial charge in [0.05, 0.1) is 5.54 Å². The zero-order chi connectivity index (χ0) is 10.2. The van der Waals surface area contributed by atoms with Crippen LogP contribution in [0, 0.1) is 0 Å². The lowest BCUT2D eigenvalue weighted by Crippen LogP contribution is -2.37. The van der Waals surface area contributed by atoms with Crippen LogP contribution in [0.25, 0.3) is 0 Å². The van der Waals surface area contributed by atoms with E-state index in [4.69, 9.17) is 16.3 Å². The molecular weight excluding hydrogens is 202 g/mol. The minimum atomic E-state index is -0.456. The summed E-state index contributed by atoms with van der Waals surface area (Å²) in [6.45, 7) is 2.25. The zero-order valence-corrected chi connectivity index (χ0v) is 8.47. The first-order valence-electron chi connectivity index (χ1n) is 4.31. The van der Waals surface area contributed by atoms with E-state index < -0.39 is 5.54 Å². The van der Waals surface area contributed by atoms with E-state index in [0.29, 0.717) is 11.6 Å². The molecule has 0 bridgehead atoms. The van der Waals surface area contributed by atoms with Gasteiger partial charge in [0.15, 0.2) is 0 Å². The number of alkyl carbamates (subject to hydrolysis) is 1. The highest BCUT2D eigenvalue weighted by molar-refractivity contribution is 6.30. The van der Waals surface area contributed by atoms with Crippen molar-refractivity contribution in [1.82, 2.24) is 5.32 Å². The van der Waals surface area contributed by atoms with Gasteiger partial charge in [-0.2, -0.15) is 0 Å². The van der Waals surface area contributed by atoms with Gasteiger partial charge in [-0.3, -0.25) is 0 Å². The molecule has 1 amide bonds. The predicted molar refractivity (Wildman–Crippen MR) is 53.3 cm³/mol. The summed E-state index contributed by atoms with van der Waals surface area (Å²) in [7, 11) is 0. The number of ether oxygens (including phenoxy) is 1. The molecule has 74 valence electrons. The first-order valence-corrected chi connectivity index (χ1v) is 4.69. The van der Waals surface area contributed by atoms with E-state index in [9.17, 15) is 4.79 Å². The Kier molecular flexibility index (Phi) is 2.11. The number of amides is 1. The van der Waals surface area contributed by atoms with E-state index in [1.54, 1.807) is 6.07 Å². The lowest BCUT2D eigenvalue weighted by atomic mass is 9.94. The van der Waals surface area contributed by atoms with Crippen molar-refractivity contribution in [2.75, 3.05) is 6.61 Å². The number of carbonyl (C=O) groups is 1. The Balaban J connectivity index is 2.34. The lowest BCUT2D eigenvalue weighted by Gasteiger charge is -2.21. The maximum Gasteiger partial charge on any atom is 0.408 e. The van der Waals surface area contributed by atoms with Gasteiger partial charge in [0.2, 0.25) is 0 Å². The van der Waals surface area contributed by atoms with Crippen molar-refractivity contribution in [3.8, 4) is 0 Å². The summed E-state index contributed by atoms with van der Waals surface area (Å²) in [5.41, 5.74) is 0.498. The van der Waals surface area contributed by atoms with Crippen LogP contribution in [0.3, 0.4) is 0 Å². The fourth-order valence-corrected chi connectivity index (χ4v) is 1.68. The van der Waals surface area contributed by atoms with Crippen LogP contribution in [0.1, 0.15) is 12.5 Å². The van der Waals surface area contributed by atoms with Gasteiger partial charge in [0, 0.05) is 5.02 Å². The van der Waals surface area contributed by atoms with Crippen LogP contribution in [0.4, 0.5) is 4.79 Å². The van der Waals surface area contributed by atoms with Crippen molar-refractivity contribution in [2.24, 2.45) is 0 Å². The Labute approximate surface area is 87.0 Å². The third kappa shape index (κ3) is 1.55. The highest BCUT2D eigenvalue weighted by atomic mass is 35.5. The second-order valence-corrected chi connectivity index (χ2v) is 3.98. The molecule has 1 heterocycles. The molecule has 0 radical (unpaired) electrons.